The van der Waals surface area contributed by atoms with Crippen LogP contribution in [0.2, 0.25) is 0 Å². The first-order valence-corrected chi connectivity index (χ1v) is 4.58. The Bertz CT molecular complexity index is 357. The Balaban J connectivity index is 2.28. The molecule has 1 aliphatic rings. The lowest BCUT2D eigenvalue weighted by Crippen LogP contribution is -1.95. The lowest BCUT2D eigenvalue weighted by Gasteiger charge is -2.14. The molecule has 0 amide bonds. The fourth-order valence-corrected chi connectivity index (χ4v) is 1.47. The fourth-order valence-electron chi connectivity index (χ4n) is 1.47. The Hall–Kier alpha value is -1.37. The summed E-state index contributed by atoms with van der Waals surface area (Å²) in [7, 11) is 0. The van der Waals surface area contributed by atoms with E-state index >= 15 is 0 Å². The van der Waals surface area contributed by atoms with E-state index in [0.717, 1.165) is 5.56 Å². The summed E-state index contributed by atoms with van der Waals surface area (Å²) in [5, 5.41) is 0. The molecule has 0 heterocycles. The van der Waals surface area contributed by atoms with Gasteiger partial charge in [-0.15, -0.1) is 0 Å². The van der Waals surface area contributed by atoms with Gasteiger partial charge in [0.2, 0.25) is 0 Å². The molecule has 0 aliphatic heterocycles. The minimum atomic E-state index is 0.133. The van der Waals surface area contributed by atoms with Crippen molar-refractivity contribution in [1.82, 2.24) is 0 Å². The number of hydrogen-bond acceptors (Lipinski definition) is 1. The first kappa shape index (κ1) is 8.24. The van der Waals surface area contributed by atoms with Crippen LogP contribution in [-0.2, 0) is 0 Å². The Morgan fingerprint density at radius 1 is 1.23 bits per heavy atom. The lowest BCUT2D eigenvalue weighted by atomic mass is 9.91. The molecule has 66 valence electrons. The molecule has 2 rings (SSSR count). The number of carbonyl (C=O) groups excluding carboxylic acids is 1. The molecule has 1 heteroatoms. The SMILES string of the molecule is CC(=O)c1ccc(C2=CCC2)cc1. The minimum Gasteiger partial charge on any atom is -0.295 e. The molecule has 1 aromatic rings. The molecule has 0 saturated heterocycles. The van der Waals surface area contributed by atoms with Crippen LogP contribution >= 0.6 is 0 Å². The van der Waals surface area contributed by atoms with Crippen molar-refractivity contribution in [2.45, 2.75) is 19.8 Å². The molecule has 0 aromatic heterocycles. The summed E-state index contributed by atoms with van der Waals surface area (Å²) in [6.45, 7) is 1.59. The second-order valence-electron chi connectivity index (χ2n) is 3.40. The zero-order chi connectivity index (χ0) is 9.26. The zero-order valence-corrected chi connectivity index (χ0v) is 7.71. The van der Waals surface area contributed by atoms with E-state index in [9.17, 15) is 4.79 Å². The van der Waals surface area contributed by atoms with Crippen molar-refractivity contribution in [1.29, 1.82) is 0 Å². The highest BCUT2D eigenvalue weighted by molar-refractivity contribution is 5.94. The third-order valence-electron chi connectivity index (χ3n) is 2.47. The van der Waals surface area contributed by atoms with E-state index in [-0.39, 0.29) is 5.78 Å². The van der Waals surface area contributed by atoms with Crippen LogP contribution in [0.4, 0.5) is 0 Å². The van der Waals surface area contributed by atoms with Gasteiger partial charge in [-0.1, -0.05) is 30.3 Å². The Morgan fingerprint density at radius 3 is 2.23 bits per heavy atom. The summed E-state index contributed by atoms with van der Waals surface area (Å²) < 4.78 is 0. The van der Waals surface area contributed by atoms with E-state index in [4.69, 9.17) is 0 Å². The van der Waals surface area contributed by atoms with Crippen LogP contribution in [0.5, 0.6) is 0 Å². The normalized spacial score (nSPS) is 14.7. The van der Waals surface area contributed by atoms with Crippen LogP contribution < -0.4 is 0 Å². The first-order chi connectivity index (χ1) is 6.27. The van der Waals surface area contributed by atoms with Gasteiger partial charge in [-0.25, -0.2) is 0 Å². The number of carbonyl (C=O) groups is 1. The molecule has 0 spiro atoms. The molecule has 1 nitrogen and oxygen atoms in total. The number of benzene rings is 1. The number of ketones is 1. The molecule has 0 bridgehead atoms. The number of Topliss-reactive ketones (excluding diaryl/α,β-unsaturated/α-hetero) is 1. The molecule has 0 atom stereocenters. The predicted molar refractivity (Wildman–Crippen MR) is 53.7 cm³/mol. The van der Waals surface area contributed by atoms with Crippen molar-refractivity contribution in [2.24, 2.45) is 0 Å². The highest BCUT2D eigenvalue weighted by atomic mass is 16.1. The maximum atomic E-state index is 11.0. The van der Waals surface area contributed by atoms with Crippen LogP contribution in [0, 0.1) is 0 Å². The molecule has 1 aromatic carbocycles. The van der Waals surface area contributed by atoms with E-state index in [1.165, 1.54) is 24.0 Å². The maximum absolute atomic E-state index is 11.0. The molecule has 1 aliphatic carbocycles. The van der Waals surface area contributed by atoms with Crippen molar-refractivity contribution in [3.63, 3.8) is 0 Å². The third-order valence-corrected chi connectivity index (χ3v) is 2.47. The molecule has 0 N–H and O–H groups in total. The van der Waals surface area contributed by atoms with Gasteiger partial charge in [-0.05, 0) is 30.9 Å². The van der Waals surface area contributed by atoms with E-state index < -0.39 is 0 Å². The van der Waals surface area contributed by atoms with Gasteiger partial charge in [-0.2, -0.15) is 0 Å². The van der Waals surface area contributed by atoms with Gasteiger partial charge in [0.05, 0.1) is 0 Å². The smallest absolute Gasteiger partial charge is 0.159 e. The first-order valence-electron chi connectivity index (χ1n) is 4.58. The topological polar surface area (TPSA) is 17.1 Å². The monoisotopic (exact) mass is 172 g/mol. The Morgan fingerprint density at radius 2 is 1.85 bits per heavy atom. The molecule has 0 saturated carbocycles. The van der Waals surface area contributed by atoms with E-state index in [0.29, 0.717) is 0 Å². The van der Waals surface area contributed by atoms with Crippen molar-refractivity contribution in [3.05, 3.63) is 41.5 Å². The zero-order valence-electron chi connectivity index (χ0n) is 7.71. The molecular weight excluding hydrogens is 160 g/mol. The third kappa shape index (κ3) is 1.55. The van der Waals surface area contributed by atoms with E-state index in [2.05, 4.69) is 6.08 Å². The van der Waals surface area contributed by atoms with Gasteiger partial charge in [0.1, 0.15) is 0 Å². The Labute approximate surface area is 78.1 Å². The van der Waals surface area contributed by atoms with Gasteiger partial charge in [-0.3, -0.25) is 4.79 Å². The summed E-state index contributed by atoms with van der Waals surface area (Å²) in [6.07, 6.45) is 4.62. The van der Waals surface area contributed by atoms with Crippen LogP contribution in [0.1, 0.15) is 35.7 Å². The molecule has 0 fully saturated rings. The van der Waals surface area contributed by atoms with Gasteiger partial charge in [0.15, 0.2) is 5.78 Å². The Kier molecular flexibility index (Phi) is 2.01. The van der Waals surface area contributed by atoms with Gasteiger partial charge < -0.3 is 0 Å². The van der Waals surface area contributed by atoms with Crippen LogP contribution in [-0.4, -0.2) is 5.78 Å². The van der Waals surface area contributed by atoms with Gasteiger partial charge in [0, 0.05) is 5.56 Å². The van der Waals surface area contributed by atoms with Crippen LogP contribution in [0.15, 0.2) is 30.3 Å². The van der Waals surface area contributed by atoms with Gasteiger partial charge in [0.25, 0.3) is 0 Å². The molecular formula is C12H12O. The summed E-state index contributed by atoms with van der Waals surface area (Å²) in [6, 6.07) is 7.86. The summed E-state index contributed by atoms with van der Waals surface area (Å²) >= 11 is 0. The molecule has 0 unspecified atom stereocenters. The van der Waals surface area contributed by atoms with Crippen molar-refractivity contribution in [3.8, 4) is 0 Å². The van der Waals surface area contributed by atoms with Crippen LogP contribution in [0.25, 0.3) is 5.57 Å². The van der Waals surface area contributed by atoms with Gasteiger partial charge >= 0.3 is 0 Å². The average Bonchev–Trinajstić information content (AvgIpc) is 2.02. The van der Waals surface area contributed by atoms with Crippen molar-refractivity contribution in [2.75, 3.05) is 0 Å². The standard InChI is InChI=1S/C12H12O/c1-9(13)10-5-7-12(8-6-10)11-3-2-4-11/h3,5-8H,2,4H2,1H3. The largest absolute Gasteiger partial charge is 0.295 e. The van der Waals surface area contributed by atoms with E-state index in [1.54, 1.807) is 6.92 Å². The maximum Gasteiger partial charge on any atom is 0.159 e. The quantitative estimate of drug-likeness (QED) is 0.626. The summed E-state index contributed by atoms with van der Waals surface area (Å²) in [4.78, 5) is 11.0. The van der Waals surface area contributed by atoms with Crippen molar-refractivity contribution < 1.29 is 4.79 Å². The molecule has 0 radical (unpaired) electrons. The average molecular weight is 172 g/mol. The number of allylic oxidation sites excluding steroid dienone is 2. The lowest BCUT2D eigenvalue weighted by molar-refractivity contribution is 0.101. The van der Waals surface area contributed by atoms with E-state index in [1.807, 2.05) is 24.3 Å². The summed E-state index contributed by atoms with van der Waals surface area (Å²) in [5.74, 6) is 0.133. The predicted octanol–water partition coefficient (Wildman–Crippen LogP) is 3.07. The van der Waals surface area contributed by atoms with Crippen molar-refractivity contribution >= 4 is 11.4 Å². The minimum absolute atomic E-state index is 0.133. The second kappa shape index (κ2) is 3.17. The summed E-state index contributed by atoms with van der Waals surface area (Å²) in [5.41, 5.74) is 3.47. The molecule has 13 heavy (non-hydrogen) atoms. The number of rotatable bonds is 2. The second-order valence-corrected chi connectivity index (χ2v) is 3.40. The fraction of sp³-hybridized carbons (Fsp3) is 0.250. The highest BCUT2D eigenvalue weighted by Gasteiger charge is 2.08. The highest BCUT2D eigenvalue weighted by Crippen LogP contribution is 2.28. The van der Waals surface area contributed by atoms with Crippen LogP contribution in [0.3, 0.4) is 0 Å². The number of hydrogen-bond donors (Lipinski definition) is 0.